The van der Waals surface area contributed by atoms with Gasteiger partial charge in [0.2, 0.25) is 0 Å². The predicted octanol–water partition coefficient (Wildman–Crippen LogP) is 3.94. The van der Waals surface area contributed by atoms with Gasteiger partial charge >= 0.3 is 12.1 Å². The van der Waals surface area contributed by atoms with E-state index in [0.717, 1.165) is 6.42 Å². The first kappa shape index (κ1) is 14.7. The van der Waals surface area contributed by atoms with Crippen LogP contribution in [0.1, 0.15) is 47.0 Å². The molecule has 0 saturated heterocycles. The van der Waals surface area contributed by atoms with Gasteiger partial charge in [0.25, 0.3) is 0 Å². The van der Waals surface area contributed by atoms with Crippen LogP contribution in [0.15, 0.2) is 0 Å². The molecule has 2 nitrogen and oxygen atoms in total. The zero-order chi connectivity index (χ0) is 14.6. The molecule has 2 aliphatic rings. The van der Waals surface area contributed by atoms with Gasteiger partial charge in [-0.15, -0.1) is 0 Å². The Hall–Kier alpha value is -0.740. The van der Waals surface area contributed by atoms with E-state index in [1.54, 1.807) is 27.7 Å². The van der Waals surface area contributed by atoms with Crippen LogP contribution in [0.3, 0.4) is 0 Å². The van der Waals surface area contributed by atoms with Crippen LogP contribution in [0.5, 0.6) is 0 Å². The Kier molecular flexibility index (Phi) is 3.18. The van der Waals surface area contributed by atoms with E-state index in [-0.39, 0.29) is 5.92 Å². The monoisotopic (exact) mass is 278 g/mol. The largest absolute Gasteiger partial charge is 0.459 e. The van der Waals surface area contributed by atoms with Crippen molar-refractivity contribution in [3.8, 4) is 0 Å². The first-order chi connectivity index (χ1) is 8.50. The molecule has 2 aliphatic carbocycles. The fraction of sp³-hybridized carbons (Fsp3) is 0.929. The maximum atomic E-state index is 13.6. The Morgan fingerprint density at radius 1 is 1.21 bits per heavy atom. The molecule has 0 amide bonds. The highest BCUT2D eigenvalue weighted by molar-refractivity contribution is 5.80. The lowest BCUT2D eigenvalue weighted by molar-refractivity contribution is -0.264. The molecule has 2 bridgehead atoms. The van der Waals surface area contributed by atoms with Gasteiger partial charge < -0.3 is 4.74 Å². The number of carbonyl (C=O) groups excluding carboxylic acids is 1. The fourth-order valence-corrected chi connectivity index (χ4v) is 3.95. The van der Waals surface area contributed by atoms with Crippen molar-refractivity contribution in [2.24, 2.45) is 23.2 Å². The van der Waals surface area contributed by atoms with Gasteiger partial charge in [0.1, 0.15) is 5.60 Å². The molecule has 0 aromatic heterocycles. The Morgan fingerprint density at radius 2 is 1.79 bits per heavy atom. The second-order valence-corrected chi connectivity index (χ2v) is 6.93. The van der Waals surface area contributed by atoms with Crippen LogP contribution in [0, 0.1) is 23.2 Å². The van der Waals surface area contributed by atoms with Crippen molar-refractivity contribution in [2.45, 2.75) is 58.7 Å². The first-order valence-corrected chi connectivity index (χ1v) is 6.80. The highest BCUT2D eigenvalue weighted by Crippen LogP contribution is 2.66. The average Bonchev–Trinajstić information content (AvgIpc) is 2.71. The molecule has 110 valence electrons. The molecule has 0 spiro atoms. The maximum absolute atomic E-state index is 13.6. The predicted molar refractivity (Wildman–Crippen MR) is 64.3 cm³/mol. The van der Waals surface area contributed by atoms with E-state index in [4.69, 9.17) is 4.74 Å². The van der Waals surface area contributed by atoms with Crippen LogP contribution in [0.25, 0.3) is 0 Å². The third-order valence-electron chi connectivity index (χ3n) is 4.75. The summed E-state index contributed by atoms with van der Waals surface area (Å²) < 4.78 is 46.1. The van der Waals surface area contributed by atoms with Crippen LogP contribution in [-0.4, -0.2) is 17.7 Å². The summed E-state index contributed by atoms with van der Waals surface area (Å²) in [5.41, 5.74) is -3.18. The van der Waals surface area contributed by atoms with Crippen molar-refractivity contribution < 1.29 is 22.7 Å². The minimum Gasteiger partial charge on any atom is -0.459 e. The molecule has 0 aromatic rings. The molecule has 4 atom stereocenters. The summed E-state index contributed by atoms with van der Waals surface area (Å²) in [6, 6.07) is 0. The molecule has 0 heterocycles. The highest BCUT2D eigenvalue weighted by atomic mass is 19.4. The first-order valence-electron chi connectivity index (χ1n) is 6.80. The Balaban J connectivity index is 2.40. The molecule has 2 saturated carbocycles. The van der Waals surface area contributed by atoms with Crippen molar-refractivity contribution >= 4 is 5.97 Å². The minimum absolute atomic E-state index is 0.000793. The van der Waals surface area contributed by atoms with Gasteiger partial charge in [0.05, 0.1) is 0 Å². The lowest BCUT2D eigenvalue weighted by atomic mass is 9.66. The van der Waals surface area contributed by atoms with E-state index in [2.05, 4.69) is 0 Å². The standard InChI is InChI=1S/C14H21F3O2/c1-8-9-5-6-10(7-9)13(8,14(15,16)17)11(18)19-12(2,3)4/h8-10H,5-7H2,1-4H3. The number of ether oxygens (including phenoxy) is 1. The molecule has 0 N–H and O–H groups in total. The van der Waals surface area contributed by atoms with Crippen LogP contribution in [0.4, 0.5) is 13.2 Å². The zero-order valence-corrected chi connectivity index (χ0v) is 11.8. The molecular weight excluding hydrogens is 257 g/mol. The van der Waals surface area contributed by atoms with Crippen LogP contribution in [-0.2, 0) is 9.53 Å². The van der Waals surface area contributed by atoms with Gasteiger partial charge in [-0.25, -0.2) is 0 Å². The molecule has 2 rings (SSSR count). The zero-order valence-electron chi connectivity index (χ0n) is 11.8. The maximum Gasteiger partial charge on any atom is 0.405 e. The van der Waals surface area contributed by atoms with Crippen LogP contribution < -0.4 is 0 Å². The van der Waals surface area contributed by atoms with Crippen molar-refractivity contribution in [1.29, 1.82) is 0 Å². The second-order valence-electron chi connectivity index (χ2n) is 6.93. The van der Waals surface area contributed by atoms with Gasteiger partial charge in [-0.2, -0.15) is 13.2 Å². The molecule has 0 aromatic carbocycles. The SMILES string of the molecule is CC1C2CCC(C2)C1(C(=O)OC(C)(C)C)C(F)(F)F. The van der Waals surface area contributed by atoms with E-state index < -0.39 is 35.0 Å². The van der Waals surface area contributed by atoms with Crippen LogP contribution in [0.2, 0.25) is 0 Å². The summed E-state index contributed by atoms with van der Waals surface area (Å²) in [6.07, 6.45) is -2.76. The quantitative estimate of drug-likeness (QED) is 0.679. The van der Waals surface area contributed by atoms with E-state index in [1.165, 1.54) is 0 Å². The normalized spacial score (nSPS) is 38.6. The van der Waals surface area contributed by atoms with Crippen molar-refractivity contribution in [3.63, 3.8) is 0 Å². The topological polar surface area (TPSA) is 26.3 Å². The van der Waals surface area contributed by atoms with Gasteiger partial charge in [-0.1, -0.05) is 6.92 Å². The summed E-state index contributed by atoms with van der Waals surface area (Å²) >= 11 is 0. The Morgan fingerprint density at radius 3 is 2.16 bits per heavy atom. The van der Waals surface area contributed by atoms with Gasteiger partial charge in [0.15, 0.2) is 5.41 Å². The molecular formula is C14H21F3O2. The Bertz CT molecular complexity index is 379. The number of fused-ring (bicyclic) bond motifs is 2. The number of carbonyl (C=O) groups is 1. The van der Waals surface area contributed by atoms with E-state index in [9.17, 15) is 18.0 Å². The highest BCUT2D eigenvalue weighted by Gasteiger charge is 2.74. The third-order valence-corrected chi connectivity index (χ3v) is 4.75. The van der Waals surface area contributed by atoms with Crippen molar-refractivity contribution in [2.75, 3.05) is 0 Å². The van der Waals surface area contributed by atoms with E-state index in [0.29, 0.717) is 12.8 Å². The minimum atomic E-state index is -4.53. The number of hydrogen-bond donors (Lipinski definition) is 0. The number of halogens is 3. The van der Waals surface area contributed by atoms with Gasteiger partial charge in [0, 0.05) is 0 Å². The van der Waals surface area contributed by atoms with Gasteiger partial charge in [-0.05, 0) is 57.8 Å². The third kappa shape index (κ3) is 2.05. The molecule has 0 radical (unpaired) electrons. The van der Waals surface area contributed by atoms with Crippen LogP contribution >= 0.6 is 0 Å². The van der Waals surface area contributed by atoms with E-state index >= 15 is 0 Å². The smallest absolute Gasteiger partial charge is 0.405 e. The second kappa shape index (κ2) is 4.13. The van der Waals surface area contributed by atoms with Gasteiger partial charge in [-0.3, -0.25) is 4.79 Å². The summed E-state index contributed by atoms with van der Waals surface area (Å²) in [6.45, 7) is 6.37. The fourth-order valence-electron chi connectivity index (χ4n) is 3.95. The Labute approximate surface area is 111 Å². The summed E-state index contributed by atoms with van der Waals surface area (Å²) in [5.74, 6) is -2.37. The molecule has 0 aliphatic heterocycles. The number of rotatable bonds is 1. The van der Waals surface area contributed by atoms with E-state index in [1.807, 2.05) is 0 Å². The molecule has 19 heavy (non-hydrogen) atoms. The lowest BCUT2D eigenvalue weighted by Crippen LogP contribution is -2.55. The van der Waals surface area contributed by atoms with Crippen molar-refractivity contribution in [1.82, 2.24) is 0 Å². The molecule has 4 unspecified atom stereocenters. The lowest BCUT2D eigenvalue weighted by Gasteiger charge is -2.42. The summed E-state index contributed by atoms with van der Waals surface area (Å²) in [4.78, 5) is 12.3. The van der Waals surface area contributed by atoms with Crippen molar-refractivity contribution in [3.05, 3.63) is 0 Å². The molecule has 5 heteroatoms. The number of alkyl halides is 3. The summed E-state index contributed by atoms with van der Waals surface area (Å²) in [5, 5.41) is 0. The number of esters is 1. The molecule has 2 fully saturated rings. The number of hydrogen-bond acceptors (Lipinski definition) is 2. The average molecular weight is 278 g/mol. The summed E-state index contributed by atoms with van der Waals surface area (Å²) in [7, 11) is 0.